The highest BCUT2D eigenvalue weighted by Gasteiger charge is 2.17. The van der Waals surface area contributed by atoms with Crippen LogP contribution in [0.25, 0.3) is 0 Å². The first-order valence-electron chi connectivity index (χ1n) is 7.44. The summed E-state index contributed by atoms with van der Waals surface area (Å²) < 4.78 is 0.890. The second-order valence-electron chi connectivity index (χ2n) is 5.18. The quantitative estimate of drug-likeness (QED) is 0.707. The number of halogens is 1. The van der Waals surface area contributed by atoms with E-state index < -0.39 is 6.04 Å². The summed E-state index contributed by atoms with van der Waals surface area (Å²) >= 11 is 4.66. The van der Waals surface area contributed by atoms with Crippen molar-refractivity contribution >= 4 is 39.1 Å². The van der Waals surface area contributed by atoms with Crippen molar-refractivity contribution < 1.29 is 9.59 Å². The number of nitrogens with one attached hydrogen (secondary N) is 2. The molecule has 0 aliphatic carbocycles. The van der Waals surface area contributed by atoms with E-state index in [1.54, 1.807) is 13.0 Å². The predicted molar refractivity (Wildman–Crippen MR) is 96.7 cm³/mol. The summed E-state index contributed by atoms with van der Waals surface area (Å²) in [4.78, 5) is 24.6. The fourth-order valence-electron chi connectivity index (χ4n) is 2.07. The van der Waals surface area contributed by atoms with Gasteiger partial charge in [-0.3, -0.25) is 9.59 Å². The van der Waals surface area contributed by atoms with E-state index in [4.69, 9.17) is 0 Å². The van der Waals surface area contributed by atoms with Crippen molar-refractivity contribution in [2.24, 2.45) is 0 Å². The maximum atomic E-state index is 12.0. The summed E-state index contributed by atoms with van der Waals surface area (Å²) in [5.41, 5.74) is 1.26. The molecule has 0 radical (unpaired) electrons. The number of rotatable bonds is 7. The van der Waals surface area contributed by atoms with Gasteiger partial charge in [0.2, 0.25) is 5.91 Å². The molecule has 122 valence electrons. The lowest BCUT2D eigenvalue weighted by atomic mass is 10.1. The number of benzene rings is 1. The Morgan fingerprint density at radius 2 is 1.91 bits per heavy atom. The molecule has 1 aromatic heterocycles. The Hall–Kier alpha value is -1.66. The van der Waals surface area contributed by atoms with Crippen molar-refractivity contribution in [3.63, 3.8) is 0 Å². The van der Waals surface area contributed by atoms with Gasteiger partial charge in [0.1, 0.15) is 6.04 Å². The van der Waals surface area contributed by atoms with Crippen molar-refractivity contribution in [3.05, 3.63) is 56.7 Å². The Morgan fingerprint density at radius 3 is 2.57 bits per heavy atom. The van der Waals surface area contributed by atoms with E-state index in [-0.39, 0.29) is 11.8 Å². The van der Waals surface area contributed by atoms with Crippen LogP contribution in [0.2, 0.25) is 0 Å². The third-order valence-electron chi connectivity index (χ3n) is 3.32. The molecular weight excluding hydrogens is 376 g/mol. The molecule has 1 unspecified atom stereocenters. The first-order chi connectivity index (χ1) is 11.1. The lowest BCUT2D eigenvalue weighted by Gasteiger charge is -2.13. The molecular formula is C17H19BrN2O2S. The lowest BCUT2D eigenvalue weighted by molar-refractivity contribution is -0.122. The van der Waals surface area contributed by atoms with E-state index in [0.29, 0.717) is 11.4 Å². The van der Waals surface area contributed by atoms with Gasteiger partial charge in [-0.25, -0.2) is 0 Å². The lowest BCUT2D eigenvalue weighted by Crippen LogP contribution is -2.44. The standard InChI is InChI=1S/C17H19BrN2O2S/c1-12(20-17(22)14-9-10-15(18)23-14)16(21)19-11-5-8-13-6-3-2-4-7-13/h2-4,6-7,9-10,12H,5,8,11H2,1H3,(H,19,21)(H,20,22). The average Bonchev–Trinajstić information content (AvgIpc) is 2.99. The van der Waals surface area contributed by atoms with Gasteiger partial charge in [-0.15, -0.1) is 11.3 Å². The SMILES string of the molecule is CC(NC(=O)c1ccc(Br)s1)C(=O)NCCCc1ccccc1. The van der Waals surface area contributed by atoms with E-state index >= 15 is 0 Å². The van der Waals surface area contributed by atoms with Crippen molar-refractivity contribution in [3.8, 4) is 0 Å². The summed E-state index contributed by atoms with van der Waals surface area (Å²) in [6, 6.07) is 13.1. The largest absolute Gasteiger partial charge is 0.354 e. The van der Waals surface area contributed by atoms with Crippen LogP contribution < -0.4 is 10.6 Å². The zero-order chi connectivity index (χ0) is 16.7. The number of hydrogen-bond donors (Lipinski definition) is 2. The molecule has 0 aliphatic rings. The molecule has 0 spiro atoms. The molecule has 2 rings (SSSR count). The van der Waals surface area contributed by atoms with Gasteiger partial charge in [-0.2, -0.15) is 0 Å². The molecule has 2 aromatic rings. The second kappa shape index (κ2) is 8.84. The van der Waals surface area contributed by atoms with Gasteiger partial charge < -0.3 is 10.6 Å². The van der Waals surface area contributed by atoms with Crippen LogP contribution in [0, 0.1) is 0 Å². The van der Waals surface area contributed by atoms with Gasteiger partial charge in [0.15, 0.2) is 0 Å². The fourth-order valence-corrected chi connectivity index (χ4v) is 3.36. The molecule has 0 bridgehead atoms. The van der Waals surface area contributed by atoms with Crippen LogP contribution in [-0.2, 0) is 11.2 Å². The summed E-state index contributed by atoms with van der Waals surface area (Å²) in [5, 5.41) is 5.56. The minimum Gasteiger partial charge on any atom is -0.354 e. The minimum atomic E-state index is -0.555. The second-order valence-corrected chi connectivity index (χ2v) is 7.64. The maximum Gasteiger partial charge on any atom is 0.262 e. The van der Waals surface area contributed by atoms with Crippen molar-refractivity contribution in [1.29, 1.82) is 0 Å². The van der Waals surface area contributed by atoms with Gasteiger partial charge in [-0.1, -0.05) is 30.3 Å². The Morgan fingerprint density at radius 1 is 1.17 bits per heavy atom. The first-order valence-corrected chi connectivity index (χ1v) is 9.05. The van der Waals surface area contributed by atoms with E-state index in [2.05, 4.69) is 38.7 Å². The normalized spacial score (nSPS) is 11.7. The minimum absolute atomic E-state index is 0.165. The van der Waals surface area contributed by atoms with Crippen LogP contribution in [-0.4, -0.2) is 24.4 Å². The third kappa shape index (κ3) is 5.80. The highest BCUT2D eigenvalue weighted by atomic mass is 79.9. The van der Waals surface area contributed by atoms with Crippen LogP contribution in [0.1, 0.15) is 28.6 Å². The number of carbonyl (C=O) groups is 2. The van der Waals surface area contributed by atoms with Gasteiger partial charge in [0.25, 0.3) is 5.91 Å². The first kappa shape index (κ1) is 17.7. The molecule has 0 fully saturated rings. The predicted octanol–water partition coefficient (Wildman–Crippen LogP) is 3.38. The highest BCUT2D eigenvalue weighted by molar-refractivity contribution is 9.11. The average molecular weight is 395 g/mol. The molecule has 6 heteroatoms. The van der Waals surface area contributed by atoms with E-state index in [1.807, 2.05) is 24.3 Å². The molecule has 2 amide bonds. The molecule has 2 N–H and O–H groups in total. The smallest absolute Gasteiger partial charge is 0.262 e. The van der Waals surface area contributed by atoms with Gasteiger partial charge in [0.05, 0.1) is 8.66 Å². The molecule has 23 heavy (non-hydrogen) atoms. The molecule has 0 aliphatic heterocycles. The summed E-state index contributed by atoms with van der Waals surface area (Å²) in [7, 11) is 0. The highest BCUT2D eigenvalue weighted by Crippen LogP contribution is 2.21. The topological polar surface area (TPSA) is 58.2 Å². The van der Waals surface area contributed by atoms with Crippen molar-refractivity contribution in [2.75, 3.05) is 6.54 Å². The summed E-state index contributed by atoms with van der Waals surface area (Å²) in [6.45, 7) is 2.28. The number of hydrogen-bond acceptors (Lipinski definition) is 3. The van der Waals surface area contributed by atoms with Crippen LogP contribution in [0.4, 0.5) is 0 Å². The van der Waals surface area contributed by atoms with Crippen LogP contribution >= 0.6 is 27.3 Å². The molecule has 1 aromatic carbocycles. The number of thiophene rings is 1. The fraction of sp³-hybridized carbons (Fsp3) is 0.294. The van der Waals surface area contributed by atoms with Gasteiger partial charge in [0, 0.05) is 6.54 Å². The Bertz CT molecular complexity index is 658. The number of aryl methyl sites for hydroxylation is 1. The van der Waals surface area contributed by atoms with Crippen molar-refractivity contribution in [1.82, 2.24) is 10.6 Å². The summed E-state index contributed by atoms with van der Waals surface area (Å²) in [5.74, 6) is -0.394. The Kier molecular flexibility index (Phi) is 6.80. The maximum absolute atomic E-state index is 12.0. The van der Waals surface area contributed by atoms with E-state index in [1.165, 1.54) is 16.9 Å². The third-order valence-corrected chi connectivity index (χ3v) is 4.94. The Labute approximate surface area is 148 Å². The zero-order valence-electron chi connectivity index (χ0n) is 12.8. The monoisotopic (exact) mass is 394 g/mol. The molecule has 1 heterocycles. The number of amides is 2. The van der Waals surface area contributed by atoms with E-state index in [0.717, 1.165) is 16.6 Å². The molecule has 0 saturated heterocycles. The van der Waals surface area contributed by atoms with Crippen LogP contribution in [0.5, 0.6) is 0 Å². The molecule has 4 nitrogen and oxygen atoms in total. The molecule has 1 atom stereocenters. The van der Waals surface area contributed by atoms with Crippen LogP contribution in [0.3, 0.4) is 0 Å². The molecule has 0 saturated carbocycles. The Balaban J connectivity index is 1.69. The van der Waals surface area contributed by atoms with E-state index in [9.17, 15) is 9.59 Å². The van der Waals surface area contributed by atoms with Gasteiger partial charge >= 0.3 is 0 Å². The zero-order valence-corrected chi connectivity index (χ0v) is 15.2. The summed E-state index contributed by atoms with van der Waals surface area (Å²) in [6.07, 6.45) is 1.79. The number of carbonyl (C=O) groups excluding carboxylic acids is 2. The van der Waals surface area contributed by atoms with Crippen LogP contribution in [0.15, 0.2) is 46.3 Å². The van der Waals surface area contributed by atoms with Gasteiger partial charge in [-0.05, 0) is 53.4 Å². The van der Waals surface area contributed by atoms with Crippen molar-refractivity contribution in [2.45, 2.75) is 25.8 Å².